The van der Waals surface area contributed by atoms with E-state index < -0.39 is 5.82 Å². The van der Waals surface area contributed by atoms with Crippen LogP contribution in [0.2, 0.25) is 5.02 Å². The van der Waals surface area contributed by atoms with Gasteiger partial charge in [-0.3, -0.25) is 4.68 Å². The van der Waals surface area contributed by atoms with E-state index >= 15 is 0 Å². The molecule has 0 bridgehead atoms. The van der Waals surface area contributed by atoms with Gasteiger partial charge >= 0.3 is 6.03 Å². The highest BCUT2D eigenvalue weighted by Gasteiger charge is 2.26. The van der Waals surface area contributed by atoms with Gasteiger partial charge in [-0.05, 0) is 18.2 Å². The first kappa shape index (κ1) is 17.1. The van der Waals surface area contributed by atoms with Crippen molar-refractivity contribution in [1.82, 2.24) is 14.7 Å². The average Bonchev–Trinajstić information content (AvgIpc) is 3.08. The fourth-order valence-corrected chi connectivity index (χ4v) is 3.43. The summed E-state index contributed by atoms with van der Waals surface area (Å²) in [5, 5.41) is 7.20. The van der Waals surface area contributed by atoms with E-state index in [1.165, 1.54) is 18.2 Å². The van der Waals surface area contributed by atoms with E-state index in [1.54, 1.807) is 4.90 Å². The van der Waals surface area contributed by atoms with Crippen molar-refractivity contribution in [3.63, 3.8) is 0 Å². The van der Waals surface area contributed by atoms with E-state index in [4.69, 9.17) is 16.3 Å². The van der Waals surface area contributed by atoms with Crippen LogP contribution in [0.15, 0.2) is 24.4 Å². The lowest BCUT2D eigenvalue weighted by Gasteiger charge is -2.32. The molecule has 1 aromatic carbocycles. The van der Waals surface area contributed by atoms with Gasteiger partial charge in [0, 0.05) is 25.3 Å². The van der Waals surface area contributed by atoms with Crippen molar-refractivity contribution >= 4 is 29.0 Å². The Morgan fingerprint density at radius 2 is 2.04 bits per heavy atom. The molecule has 1 aromatic heterocycles. The number of carbonyl (C=O) groups excluding carboxylic acids is 1. The zero-order chi connectivity index (χ0) is 18.1. The molecular weight excluding hydrogens is 361 g/mol. The van der Waals surface area contributed by atoms with Crippen LogP contribution in [0.25, 0.3) is 0 Å². The molecule has 0 aliphatic carbocycles. The fraction of sp³-hybridized carbons (Fsp3) is 0.412. The van der Waals surface area contributed by atoms with Crippen molar-refractivity contribution in [3.05, 3.63) is 40.9 Å². The average molecular weight is 380 g/mol. The molecule has 1 saturated heterocycles. The zero-order valence-corrected chi connectivity index (χ0v) is 14.9. The molecule has 0 spiro atoms. The quantitative estimate of drug-likeness (QED) is 0.871. The van der Waals surface area contributed by atoms with Crippen LogP contribution in [-0.4, -0.2) is 53.6 Å². The smallest absolute Gasteiger partial charge is 0.322 e. The Hall–Kier alpha value is -2.32. The van der Waals surface area contributed by atoms with Gasteiger partial charge < -0.3 is 19.9 Å². The molecule has 9 heteroatoms. The number of urea groups is 1. The summed E-state index contributed by atoms with van der Waals surface area (Å²) < 4.78 is 20.6. The normalized spacial score (nSPS) is 17.2. The molecule has 4 rings (SSSR count). The number of benzene rings is 1. The highest BCUT2D eigenvalue weighted by molar-refractivity contribution is 6.31. The van der Waals surface area contributed by atoms with Crippen molar-refractivity contribution in [2.75, 3.05) is 43.1 Å². The van der Waals surface area contributed by atoms with E-state index in [1.807, 2.05) is 10.9 Å². The second-order valence-corrected chi connectivity index (χ2v) is 6.69. The second kappa shape index (κ2) is 7.13. The maximum absolute atomic E-state index is 13.3. The first-order valence-corrected chi connectivity index (χ1v) is 8.88. The standard InChI is InChI=1S/C17H19ClFN5O2/c18-13-9-12(1-2-14(13)19)21-17(25)23-3-4-24-16(11-23)15(10-20-24)22-5-7-26-8-6-22/h1-2,9-10H,3-8,11H2,(H,21,25). The second-order valence-electron chi connectivity index (χ2n) is 6.28. The summed E-state index contributed by atoms with van der Waals surface area (Å²) in [6.07, 6.45) is 1.86. The third kappa shape index (κ3) is 3.34. The topological polar surface area (TPSA) is 62.6 Å². The van der Waals surface area contributed by atoms with Gasteiger partial charge in [-0.15, -0.1) is 0 Å². The molecule has 3 heterocycles. The van der Waals surface area contributed by atoms with Gasteiger partial charge in [0.2, 0.25) is 0 Å². The molecule has 7 nitrogen and oxygen atoms in total. The highest BCUT2D eigenvalue weighted by atomic mass is 35.5. The van der Waals surface area contributed by atoms with Crippen molar-refractivity contribution in [2.24, 2.45) is 0 Å². The van der Waals surface area contributed by atoms with Gasteiger partial charge in [-0.2, -0.15) is 5.10 Å². The van der Waals surface area contributed by atoms with Gasteiger partial charge in [-0.25, -0.2) is 9.18 Å². The Labute approximate surface area is 155 Å². The van der Waals surface area contributed by atoms with Crippen LogP contribution in [0.4, 0.5) is 20.6 Å². The summed E-state index contributed by atoms with van der Waals surface area (Å²) in [7, 11) is 0. The first-order chi connectivity index (χ1) is 12.6. The van der Waals surface area contributed by atoms with Crippen LogP contribution in [0.3, 0.4) is 0 Å². The highest BCUT2D eigenvalue weighted by Crippen LogP contribution is 2.26. The van der Waals surface area contributed by atoms with Crippen LogP contribution in [0.1, 0.15) is 5.69 Å². The number of hydrogen-bond donors (Lipinski definition) is 1. The third-order valence-electron chi connectivity index (χ3n) is 4.66. The SMILES string of the molecule is O=C(Nc1ccc(F)c(Cl)c1)N1CCn2ncc(N3CCOCC3)c2C1. The van der Waals surface area contributed by atoms with E-state index in [0.717, 1.165) is 24.5 Å². The number of nitrogens with one attached hydrogen (secondary N) is 1. The van der Waals surface area contributed by atoms with Gasteiger partial charge in [0.05, 0.1) is 48.9 Å². The molecule has 138 valence electrons. The first-order valence-electron chi connectivity index (χ1n) is 8.50. The fourth-order valence-electron chi connectivity index (χ4n) is 3.25. The molecule has 2 aliphatic rings. The third-order valence-corrected chi connectivity index (χ3v) is 4.95. The van der Waals surface area contributed by atoms with Crippen LogP contribution >= 0.6 is 11.6 Å². The van der Waals surface area contributed by atoms with Crippen molar-refractivity contribution in [1.29, 1.82) is 0 Å². The molecule has 2 aromatic rings. The number of anilines is 2. The van der Waals surface area contributed by atoms with E-state index in [-0.39, 0.29) is 11.1 Å². The molecule has 1 fully saturated rings. The Morgan fingerprint density at radius 1 is 1.23 bits per heavy atom. The van der Waals surface area contributed by atoms with Crippen LogP contribution < -0.4 is 10.2 Å². The molecule has 2 amide bonds. The molecule has 26 heavy (non-hydrogen) atoms. The number of nitrogens with zero attached hydrogens (tertiary/aromatic N) is 4. The van der Waals surface area contributed by atoms with E-state index in [0.29, 0.717) is 38.5 Å². The number of rotatable bonds is 2. The lowest BCUT2D eigenvalue weighted by Crippen LogP contribution is -2.42. The van der Waals surface area contributed by atoms with Gasteiger partial charge in [0.1, 0.15) is 5.82 Å². The van der Waals surface area contributed by atoms with E-state index in [9.17, 15) is 9.18 Å². The summed E-state index contributed by atoms with van der Waals surface area (Å²) in [5.41, 5.74) is 2.54. The summed E-state index contributed by atoms with van der Waals surface area (Å²) in [4.78, 5) is 16.6. The van der Waals surface area contributed by atoms with Crippen molar-refractivity contribution in [3.8, 4) is 0 Å². The predicted molar refractivity (Wildman–Crippen MR) is 96.1 cm³/mol. The lowest BCUT2D eigenvalue weighted by molar-refractivity contribution is 0.122. The summed E-state index contributed by atoms with van der Waals surface area (Å²) >= 11 is 5.77. The molecule has 0 unspecified atom stereocenters. The van der Waals surface area contributed by atoms with Gasteiger partial charge in [0.25, 0.3) is 0 Å². The number of fused-ring (bicyclic) bond motifs is 1. The predicted octanol–water partition coefficient (Wildman–Crippen LogP) is 2.56. The number of morpholine rings is 1. The minimum Gasteiger partial charge on any atom is -0.378 e. The number of amides is 2. The lowest BCUT2D eigenvalue weighted by atomic mass is 10.2. The molecule has 0 saturated carbocycles. The molecule has 0 atom stereocenters. The largest absolute Gasteiger partial charge is 0.378 e. The Balaban J connectivity index is 1.47. The van der Waals surface area contributed by atoms with Crippen molar-refractivity contribution < 1.29 is 13.9 Å². The summed E-state index contributed by atoms with van der Waals surface area (Å²) in [6, 6.07) is 3.89. The zero-order valence-electron chi connectivity index (χ0n) is 14.1. The molecule has 1 N–H and O–H groups in total. The molecule has 2 aliphatic heterocycles. The Bertz CT molecular complexity index is 821. The molecule has 0 radical (unpaired) electrons. The Morgan fingerprint density at radius 3 is 2.81 bits per heavy atom. The minimum atomic E-state index is -0.512. The minimum absolute atomic E-state index is 0.0193. The van der Waals surface area contributed by atoms with Gasteiger partial charge in [-0.1, -0.05) is 11.6 Å². The van der Waals surface area contributed by atoms with E-state index in [2.05, 4.69) is 15.3 Å². The number of ether oxygens (including phenoxy) is 1. The summed E-state index contributed by atoms with van der Waals surface area (Å²) in [6.45, 7) is 4.68. The maximum Gasteiger partial charge on any atom is 0.322 e. The number of aromatic nitrogens is 2. The van der Waals surface area contributed by atoms with Crippen LogP contribution in [0, 0.1) is 5.82 Å². The Kier molecular flexibility index (Phi) is 4.69. The van der Waals surface area contributed by atoms with Crippen LogP contribution in [-0.2, 0) is 17.8 Å². The summed E-state index contributed by atoms with van der Waals surface area (Å²) in [5.74, 6) is -0.512. The maximum atomic E-state index is 13.3. The number of carbonyl (C=O) groups is 1. The van der Waals surface area contributed by atoms with Crippen molar-refractivity contribution in [2.45, 2.75) is 13.1 Å². The van der Waals surface area contributed by atoms with Crippen LogP contribution in [0.5, 0.6) is 0 Å². The van der Waals surface area contributed by atoms with Gasteiger partial charge in [0.15, 0.2) is 0 Å². The molecular formula is C17H19ClFN5O2. The number of hydrogen-bond acceptors (Lipinski definition) is 4. The number of halogens is 2. The monoisotopic (exact) mass is 379 g/mol.